The average Bonchev–Trinajstić information content (AvgIpc) is 3.26. The van der Waals surface area contributed by atoms with E-state index in [0.29, 0.717) is 5.89 Å². The highest BCUT2D eigenvalue weighted by atomic mass is 32.2. The monoisotopic (exact) mass is 491 g/mol. The Hall–Kier alpha value is -2.26. The van der Waals surface area contributed by atoms with Gasteiger partial charge in [-0.05, 0) is 45.2 Å². The van der Waals surface area contributed by atoms with Gasteiger partial charge in [0.1, 0.15) is 5.60 Å². The maximum atomic E-state index is 12.5. The predicted octanol–water partition coefficient (Wildman–Crippen LogP) is 5.11. The van der Waals surface area contributed by atoms with Gasteiger partial charge in [-0.25, -0.2) is 13.1 Å². The molecule has 1 aromatic heterocycles. The van der Waals surface area contributed by atoms with Gasteiger partial charge in [-0.2, -0.15) is 4.98 Å². The van der Waals surface area contributed by atoms with Crippen LogP contribution < -0.4 is 4.72 Å². The van der Waals surface area contributed by atoms with Crippen LogP contribution in [0, 0.1) is 5.92 Å². The third-order valence-corrected chi connectivity index (χ3v) is 7.45. The molecule has 0 aliphatic heterocycles. The molecule has 0 amide bonds. The van der Waals surface area contributed by atoms with Crippen LogP contribution >= 0.6 is 0 Å². The Balaban J connectivity index is 1.62. The molecule has 1 aliphatic rings. The third-order valence-electron chi connectivity index (χ3n) is 6.03. The van der Waals surface area contributed by atoms with Gasteiger partial charge in [-0.1, -0.05) is 68.3 Å². The number of hydrogen-bond acceptors (Lipinski definition) is 7. The molecule has 1 unspecified atom stereocenters. The minimum Gasteiger partial charge on any atom is -0.460 e. The van der Waals surface area contributed by atoms with Gasteiger partial charge in [0.2, 0.25) is 15.9 Å². The van der Waals surface area contributed by atoms with Crippen LogP contribution in [0.3, 0.4) is 0 Å². The molecule has 1 aliphatic carbocycles. The molecule has 1 atom stereocenters. The number of sulfonamides is 1. The van der Waals surface area contributed by atoms with E-state index >= 15 is 0 Å². The lowest BCUT2D eigenvalue weighted by molar-refractivity contribution is -0.155. The van der Waals surface area contributed by atoms with E-state index in [1.54, 1.807) is 18.2 Å². The molecule has 0 radical (unpaired) electrons. The van der Waals surface area contributed by atoms with Crippen molar-refractivity contribution in [3.8, 4) is 0 Å². The van der Waals surface area contributed by atoms with Crippen molar-refractivity contribution in [3.63, 3.8) is 0 Å². The molecule has 1 heterocycles. The molecule has 9 heteroatoms. The first kappa shape index (κ1) is 26.3. The SMILES string of the molecule is CC(C)(C)OC(=O)CC(CCCC1CCCCC1)c1nc(CNS(=O)(=O)c2ccccc2)no1. The Morgan fingerprint density at radius 1 is 1.18 bits per heavy atom. The van der Waals surface area contributed by atoms with Crippen molar-refractivity contribution in [2.45, 2.75) is 102 Å². The van der Waals surface area contributed by atoms with E-state index in [9.17, 15) is 13.2 Å². The first-order valence-corrected chi connectivity index (χ1v) is 13.7. The summed E-state index contributed by atoms with van der Waals surface area (Å²) in [7, 11) is -3.68. The second kappa shape index (κ2) is 11.9. The lowest BCUT2D eigenvalue weighted by Gasteiger charge is -2.23. The molecule has 1 saturated carbocycles. The van der Waals surface area contributed by atoms with E-state index in [0.717, 1.165) is 25.2 Å². The van der Waals surface area contributed by atoms with Gasteiger partial charge in [-0.15, -0.1) is 0 Å². The number of esters is 1. The maximum Gasteiger partial charge on any atom is 0.307 e. The highest BCUT2D eigenvalue weighted by Gasteiger charge is 2.26. The van der Waals surface area contributed by atoms with Gasteiger partial charge in [0.15, 0.2) is 5.82 Å². The average molecular weight is 492 g/mol. The van der Waals surface area contributed by atoms with E-state index in [4.69, 9.17) is 9.26 Å². The van der Waals surface area contributed by atoms with Crippen molar-refractivity contribution in [2.24, 2.45) is 5.92 Å². The summed E-state index contributed by atoms with van der Waals surface area (Å²) in [5.74, 6) is 0.770. The zero-order valence-electron chi connectivity index (χ0n) is 20.5. The topological polar surface area (TPSA) is 111 Å². The molecule has 0 bridgehead atoms. The molecule has 1 fully saturated rings. The van der Waals surface area contributed by atoms with Crippen LogP contribution in [-0.4, -0.2) is 30.1 Å². The lowest BCUT2D eigenvalue weighted by Crippen LogP contribution is -2.25. The van der Waals surface area contributed by atoms with Crippen LogP contribution in [-0.2, 0) is 26.1 Å². The molecule has 8 nitrogen and oxygen atoms in total. The first-order valence-electron chi connectivity index (χ1n) is 12.2. The normalized spacial score (nSPS) is 16.3. The number of benzene rings is 1. The van der Waals surface area contributed by atoms with Crippen LogP contribution in [0.4, 0.5) is 0 Å². The summed E-state index contributed by atoms with van der Waals surface area (Å²) in [6, 6.07) is 8.12. The van der Waals surface area contributed by atoms with Crippen LogP contribution in [0.15, 0.2) is 39.8 Å². The first-order chi connectivity index (χ1) is 16.1. The van der Waals surface area contributed by atoms with Gasteiger partial charge in [0.25, 0.3) is 0 Å². The highest BCUT2D eigenvalue weighted by Crippen LogP contribution is 2.31. The smallest absolute Gasteiger partial charge is 0.307 e. The fraction of sp³-hybridized carbons (Fsp3) is 0.640. The molecule has 2 aromatic rings. The Morgan fingerprint density at radius 3 is 2.56 bits per heavy atom. The van der Waals surface area contributed by atoms with Gasteiger partial charge in [-0.3, -0.25) is 4.79 Å². The van der Waals surface area contributed by atoms with Crippen molar-refractivity contribution < 1.29 is 22.5 Å². The van der Waals surface area contributed by atoms with Crippen LogP contribution in [0.5, 0.6) is 0 Å². The Labute approximate surface area is 202 Å². The van der Waals surface area contributed by atoms with Gasteiger partial charge in [0, 0.05) is 5.92 Å². The number of nitrogens with zero attached hydrogens (tertiary/aromatic N) is 2. The number of ether oxygens (including phenoxy) is 1. The summed E-state index contributed by atoms with van der Waals surface area (Å²) < 4.78 is 38.4. The van der Waals surface area contributed by atoms with E-state index in [1.807, 2.05) is 20.8 Å². The summed E-state index contributed by atoms with van der Waals surface area (Å²) in [5.41, 5.74) is -0.570. The number of carbonyl (C=O) groups is 1. The molecule has 34 heavy (non-hydrogen) atoms. The maximum absolute atomic E-state index is 12.5. The highest BCUT2D eigenvalue weighted by molar-refractivity contribution is 7.89. The van der Waals surface area contributed by atoms with Crippen molar-refractivity contribution in [3.05, 3.63) is 42.0 Å². The molecule has 3 rings (SSSR count). The van der Waals surface area contributed by atoms with Crippen molar-refractivity contribution in [1.82, 2.24) is 14.9 Å². The van der Waals surface area contributed by atoms with Gasteiger partial charge in [0.05, 0.1) is 17.9 Å². The fourth-order valence-corrected chi connectivity index (χ4v) is 5.37. The fourth-order valence-electron chi connectivity index (χ4n) is 4.37. The number of nitrogens with one attached hydrogen (secondary N) is 1. The van der Waals surface area contributed by atoms with Gasteiger partial charge < -0.3 is 9.26 Å². The molecular weight excluding hydrogens is 454 g/mol. The molecule has 1 aromatic carbocycles. The third kappa shape index (κ3) is 8.51. The number of carbonyl (C=O) groups excluding carboxylic acids is 1. The van der Waals surface area contributed by atoms with Crippen LogP contribution in [0.1, 0.15) is 96.2 Å². The van der Waals surface area contributed by atoms with E-state index < -0.39 is 15.6 Å². The lowest BCUT2D eigenvalue weighted by atomic mass is 9.84. The second-order valence-electron chi connectivity index (χ2n) is 10.1. The summed E-state index contributed by atoms with van der Waals surface area (Å²) in [6.45, 7) is 5.42. The van der Waals surface area contributed by atoms with Crippen LogP contribution in [0.2, 0.25) is 0 Å². The Morgan fingerprint density at radius 2 is 1.88 bits per heavy atom. The molecule has 0 spiro atoms. The minimum atomic E-state index is -3.68. The summed E-state index contributed by atoms with van der Waals surface area (Å²) in [6.07, 6.45) is 9.49. The van der Waals surface area contributed by atoms with Crippen molar-refractivity contribution in [2.75, 3.05) is 0 Å². The predicted molar refractivity (Wildman–Crippen MR) is 128 cm³/mol. The van der Waals surface area contributed by atoms with Crippen molar-refractivity contribution in [1.29, 1.82) is 0 Å². The number of hydrogen-bond donors (Lipinski definition) is 1. The number of aromatic nitrogens is 2. The van der Waals surface area contributed by atoms with Gasteiger partial charge >= 0.3 is 5.97 Å². The van der Waals surface area contributed by atoms with Crippen LogP contribution in [0.25, 0.3) is 0 Å². The Bertz CT molecular complexity index is 1010. The Kier molecular flexibility index (Phi) is 9.24. The van der Waals surface area contributed by atoms with Crippen molar-refractivity contribution >= 4 is 16.0 Å². The molecule has 1 N–H and O–H groups in total. The quantitative estimate of drug-likeness (QED) is 0.435. The zero-order chi connectivity index (χ0) is 24.6. The second-order valence-corrected chi connectivity index (χ2v) is 11.9. The number of rotatable bonds is 11. The van der Waals surface area contributed by atoms with E-state index in [2.05, 4.69) is 14.9 Å². The summed E-state index contributed by atoms with van der Waals surface area (Å²) in [4.78, 5) is 17.1. The molecule has 188 valence electrons. The standard InChI is InChI=1S/C25H37N3O5S/c1-25(2,3)32-23(29)17-20(14-10-13-19-11-6-4-7-12-19)24-27-22(28-33-24)18-26-34(30,31)21-15-8-5-9-16-21/h5,8-9,15-16,19-20,26H,4,6-7,10-14,17-18H2,1-3H3. The van der Waals surface area contributed by atoms with E-state index in [1.165, 1.54) is 44.2 Å². The minimum absolute atomic E-state index is 0.0953. The summed E-state index contributed by atoms with van der Waals surface area (Å²) in [5, 5.41) is 3.95. The largest absolute Gasteiger partial charge is 0.460 e. The van der Waals surface area contributed by atoms with E-state index in [-0.39, 0.29) is 35.6 Å². The zero-order valence-corrected chi connectivity index (χ0v) is 21.3. The molecule has 0 saturated heterocycles. The summed E-state index contributed by atoms with van der Waals surface area (Å²) >= 11 is 0. The molecular formula is C25H37N3O5S.